The molecule has 0 radical (unpaired) electrons. The Labute approximate surface area is 163 Å². The number of imidazole rings is 1. The molecule has 0 unspecified atom stereocenters. The molecular weight excluding hydrogens is 352 g/mol. The zero-order valence-corrected chi connectivity index (χ0v) is 15.8. The smallest absolute Gasteiger partial charge is 0.249 e. The fourth-order valence-electron chi connectivity index (χ4n) is 2.75. The van der Waals surface area contributed by atoms with Crippen LogP contribution in [0.4, 0.5) is 11.5 Å². The number of nitrogens with one attached hydrogen (secondary N) is 2. The Kier molecular flexibility index (Phi) is 6.01. The van der Waals surface area contributed by atoms with Crippen LogP contribution in [0.1, 0.15) is 23.6 Å². The zero-order chi connectivity index (χ0) is 19.9. The quantitative estimate of drug-likeness (QED) is 0.644. The number of amides is 2. The lowest BCUT2D eigenvalue weighted by Crippen LogP contribution is -2.08. The fraction of sp³-hybridized carbons (Fsp3) is 0.136. The van der Waals surface area contributed by atoms with Crippen molar-refractivity contribution in [3.63, 3.8) is 0 Å². The van der Waals surface area contributed by atoms with Crippen molar-refractivity contribution in [3.05, 3.63) is 83.8 Å². The SMILES string of the molecule is CC(=O)Nc1ccc(/C=C/C(=O)Nc2cn(Cc3cccc(C)c3)cn2)cc1. The van der Waals surface area contributed by atoms with Gasteiger partial charge in [-0.05, 0) is 36.3 Å². The van der Waals surface area contributed by atoms with Gasteiger partial charge in [-0.3, -0.25) is 9.59 Å². The predicted octanol–water partition coefficient (Wildman–Crippen LogP) is 3.85. The molecule has 1 heterocycles. The first kappa shape index (κ1) is 19.1. The first-order valence-electron chi connectivity index (χ1n) is 8.92. The molecule has 2 amide bonds. The largest absolute Gasteiger partial charge is 0.331 e. The number of rotatable bonds is 6. The standard InChI is InChI=1S/C22H22N4O2/c1-16-4-3-5-19(12-16)13-26-14-21(23-15-26)25-22(28)11-8-18-6-9-20(10-7-18)24-17(2)27/h3-12,14-15H,13H2,1-2H3,(H,24,27)(H,25,28)/b11-8+. The zero-order valence-electron chi connectivity index (χ0n) is 15.8. The van der Waals surface area contributed by atoms with E-state index < -0.39 is 0 Å². The Bertz CT molecular complexity index is 1000. The van der Waals surface area contributed by atoms with E-state index in [0.29, 0.717) is 18.1 Å². The maximum absolute atomic E-state index is 12.1. The average molecular weight is 374 g/mol. The monoisotopic (exact) mass is 374 g/mol. The van der Waals surface area contributed by atoms with Gasteiger partial charge in [0.1, 0.15) is 0 Å². The van der Waals surface area contributed by atoms with Crippen molar-refractivity contribution in [1.82, 2.24) is 9.55 Å². The summed E-state index contributed by atoms with van der Waals surface area (Å²) in [6, 6.07) is 15.5. The third-order valence-electron chi connectivity index (χ3n) is 3.99. The molecule has 3 aromatic rings. The van der Waals surface area contributed by atoms with E-state index in [2.05, 4.69) is 40.7 Å². The van der Waals surface area contributed by atoms with Crippen LogP contribution in [0.15, 0.2) is 67.1 Å². The van der Waals surface area contributed by atoms with E-state index in [9.17, 15) is 9.59 Å². The summed E-state index contributed by atoms with van der Waals surface area (Å²) in [6.45, 7) is 4.21. The molecule has 28 heavy (non-hydrogen) atoms. The van der Waals surface area contributed by atoms with Gasteiger partial charge in [0.2, 0.25) is 11.8 Å². The summed E-state index contributed by atoms with van der Waals surface area (Å²) in [7, 11) is 0. The molecule has 2 aromatic carbocycles. The van der Waals surface area contributed by atoms with Gasteiger partial charge in [0, 0.05) is 31.4 Å². The molecule has 2 N–H and O–H groups in total. The Morgan fingerprint density at radius 1 is 1.11 bits per heavy atom. The molecule has 142 valence electrons. The van der Waals surface area contributed by atoms with Crippen molar-refractivity contribution < 1.29 is 9.59 Å². The summed E-state index contributed by atoms with van der Waals surface area (Å²) < 4.78 is 1.93. The summed E-state index contributed by atoms with van der Waals surface area (Å²) in [6.07, 6.45) is 6.66. The van der Waals surface area contributed by atoms with E-state index in [-0.39, 0.29) is 11.8 Å². The minimum Gasteiger partial charge on any atom is -0.331 e. The summed E-state index contributed by atoms with van der Waals surface area (Å²) in [5, 5.41) is 5.45. The van der Waals surface area contributed by atoms with Crippen molar-refractivity contribution in [2.45, 2.75) is 20.4 Å². The highest BCUT2D eigenvalue weighted by molar-refractivity contribution is 6.01. The van der Waals surface area contributed by atoms with Crippen LogP contribution in [0.3, 0.4) is 0 Å². The number of carbonyl (C=O) groups excluding carboxylic acids is 2. The Hall–Kier alpha value is -3.67. The second-order valence-corrected chi connectivity index (χ2v) is 6.55. The molecular formula is C22H22N4O2. The highest BCUT2D eigenvalue weighted by Crippen LogP contribution is 2.12. The van der Waals surface area contributed by atoms with Gasteiger partial charge in [-0.1, -0.05) is 42.0 Å². The molecule has 0 fully saturated rings. The van der Waals surface area contributed by atoms with E-state index in [1.807, 2.05) is 22.8 Å². The number of benzene rings is 2. The number of hydrogen-bond acceptors (Lipinski definition) is 3. The summed E-state index contributed by atoms with van der Waals surface area (Å²) >= 11 is 0. The lowest BCUT2D eigenvalue weighted by molar-refractivity contribution is -0.114. The summed E-state index contributed by atoms with van der Waals surface area (Å²) in [4.78, 5) is 27.4. The maximum atomic E-state index is 12.1. The Morgan fingerprint density at radius 2 is 1.89 bits per heavy atom. The second-order valence-electron chi connectivity index (χ2n) is 6.55. The molecule has 6 nitrogen and oxygen atoms in total. The highest BCUT2D eigenvalue weighted by atomic mass is 16.2. The molecule has 0 saturated carbocycles. The van der Waals surface area contributed by atoms with Gasteiger partial charge in [-0.25, -0.2) is 4.98 Å². The molecule has 0 aliphatic rings. The molecule has 3 rings (SSSR count). The van der Waals surface area contributed by atoms with E-state index >= 15 is 0 Å². The van der Waals surface area contributed by atoms with Crippen molar-refractivity contribution in [2.24, 2.45) is 0 Å². The molecule has 0 aliphatic carbocycles. The first-order valence-corrected chi connectivity index (χ1v) is 8.92. The molecule has 0 atom stereocenters. The van der Waals surface area contributed by atoms with Crippen LogP contribution in [-0.4, -0.2) is 21.4 Å². The third kappa shape index (κ3) is 5.67. The van der Waals surface area contributed by atoms with Crippen LogP contribution >= 0.6 is 0 Å². The van der Waals surface area contributed by atoms with Gasteiger partial charge in [-0.2, -0.15) is 0 Å². The van der Waals surface area contributed by atoms with E-state index in [1.165, 1.54) is 24.1 Å². The number of carbonyl (C=O) groups is 2. The normalized spacial score (nSPS) is 10.8. The Balaban J connectivity index is 1.55. The fourth-order valence-corrected chi connectivity index (χ4v) is 2.75. The molecule has 1 aromatic heterocycles. The van der Waals surface area contributed by atoms with Crippen LogP contribution < -0.4 is 10.6 Å². The highest BCUT2D eigenvalue weighted by Gasteiger charge is 2.03. The number of aryl methyl sites for hydroxylation is 1. The Morgan fingerprint density at radius 3 is 2.61 bits per heavy atom. The van der Waals surface area contributed by atoms with Gasteiger partial charge in [0.15, 0.2) is 5.82 Å². The minimum absolute atomic E-state index is 0.121. The van der Waals surface area contributed by atoms with Gasteiger partial charge >= 0.3 is 0 Å². The number of aromatic nitrogens is 2. The van der Waals surface area contributed by atoms with Crippen LogP contribution in [0.25, 0.3) is 6.08 Å². The lowest BCUT2D eigenvalue weighted by atomic mass is 10.1. The van der Waals surface area contributed by atoms with Crippen molar-refractivity contribution in [1.29, 1.82) is 0 Å². The average Bonchev–Trinajstić information content (AvgIpc) is 3.07. The van der Waals surface area contributed by atoms with Crippen LogP contribution in [-0.2, 0) is 16.1 Å². The maximum Gasteiger partial charge on any atom is 0.249 e. The number of anilines is 2. The third-order valence-corrected chi connectivity index (χ3v) is 3.99. The predicted molar refractivity (Wildman–Crippen MR) is 111 cm³/mol. The molecule has 0 spiro atoms. The molecule has 0 aliphatic heterocycles. The van der Waals surface area contributed by atoms with Crippen molar-refractivity contribution in [3.8, 4) is 0 Å². The van der Waals surface area contributed by atoms with Gasteiger partial charge in [0.05, 0.1) is 6.33 Å². The second kappa shape index (κ2) is 8.81. The first-order chi connectivity index (χ1) is 13.5. The van der Waals surface area contributed by atoms with Gasteiger partial charge < -0.3 is 15.2 Å². The van der Waals surface area contributed by atoms with E-state index in [4.69, 9.17) is 0 Å². The molecule has 6 heteroatoms. The molecule has 0 bridgehead atoms. The number of nitrogens with zero attached hydrogens (tertiary/aromatic N) is 2. The van der Waals surface area contributed by atoms with Crippen LogP contribution in [0.2, 0.25) is 0 Å². The van der Waals surface area contributed by atoms with Crippen LogP contribution in [0.5, 0.6) is 0 Å². The van der Waals surface area contributed by atoms with E-state index in [0.717, 1.165) is 5.56 Å². The summed E-state index contributed by atoms with van der Waals surface area (Å²) in [5.41, 5.74) is 3.96. The van der Waals surface area contributed by atoms with Crippen LogP contribution in [0, 0.1) is 6.92 Å². The lowest BCUT2D eigenvalue weighted by Gasteiger charge is -2.03. The summed E-state index contributed by atoms with van der Waals surface area (Å²) in [5.74, 6) is 0.125. The van der Waals surface area contributed by atoms with Gasteiger partial charge in [-0.15, -0.1) is 0 Å². The number of hydrogen-bond donors (Lipinski definition) is 2. The van der Waals surface area contributed by atoms with Crippen molar-refractivity contribution >= 4 is 29.4 Å². The molecule has 0 saturated heterocycles. The van der Waals surface area contributed by atoms with Crippen molar-refractivity contribution in [2.75, 3.05) is 10.6 Å². The topological polar surface area (TPSA) is 76.0 Å². The van der Waals surface area contributed by atoms with Gasteiger partial charge in [0.25, 0.3) is 0 Å². The minimum atomic E-state index is -0.258. The van der Waals surface area contributed by atoms with E-state index in [1.54, 1.807) is 30.7 Å².